The Morgan fingerprint density at radius 1 is 1.17 bits per heavy atom. The first kappa shape index (κ1) is 21.5. The number of aryl methyl sites for hydroxylation is 1. The molecular weight excluding hydrogens is 376 g/mol. The normalized spacial score (nSPS) is 14.2. The number of aromatic nitrogens is 2. The number of carbonyl (C=O) groups excluding carboxylic acids is 1. The molecule has 1 saturated heterocycles. The highest BCUT2D eigenvalue weighted by atomic mass is 16.5. The topological polar surface area (TPSA) is 79.1 Å². The van der Waals surface area contributed by atoms with Crippen molar-refractivity contribution in [3.8, 4) is 6.07 Å². The Kier molecular flexibility index (Phi) is 6.83. The van der Waals surface area contributed by atoms with Gasteiger partial charge in [-0.05, 0) is 63.8 Å². The van der Waals surface area contributed by atoms with Crippen molar-refractivity contribution < 1.29 is 9.53 Å². The number of esters is 1. The van der Waals surface area contributed by atoms with Gasteiger partial charge < -0.3 is 9.64 Å². The number of benzene rings is 1. The number of allylic oxidation sites excluding steroid dienone is 2. The molecule has 156 valence electrons. The van der Waals surface area contributed by atoms with Gasteiger partial charge in [0.1, 0.15) is 18.8 Å². The van der Waals surface area contributed by atoms with Crippen LogP contribution in [0.4, 0.5) is 5.82 Å². The highest BCUT2D eigenvalue weighted by Crippen LogP contribution is 2.32. The molecule has 2 heterocycles. The number of piperidine rings is 1. The lowest BCUT2D eigenvalue weighted by molar-refractivity contribution is -0.150. The fourth-order valence-electron chi connectivity index (χ4n) is 3.66. The van der Waals surface area contributed by atoms with Crippen LogP contribution in [0.1, 0.15) is 56.0 Å². The van der Waals surface area contributed by atoms with Crippen molar-refractivity contribution in [3.63, 3.8) is 0 Å². The van der Waals surface area contributed by atoms with E-state index in [1.807, 2.05) is 19.1 Å². The second kappa shape index (κ2) is 9.53. The first-order valence-electron chi connectivity index (χ1n) is 10.3. The van der Waals surface area contributed by atoms with E-state index >= 15 is 0 Å². The van der Waals surface area contributed by atoms with Crippen molar-refractivity contribution in [1.29, 1.82) is 5.26 Å². The second-order valence-electron chi connectivity index (χ2n) is 7.96. The molecule has 0 amide bonds. The van der Waals surface area contributed by atoms with Crippen LogP contribution in [-0.4, -0.2) is 29.0 Å². The van der Waals surface area contributed by atoms with Gasteiger partial charge >= 0.3 is 5.97 Å². The van der Waals surface area contributed by atoms with Gasteiger partial charge in [-0.25, -0.2) is 9.97 Å². The lowest BCUT2D eigenvalue weighted by Gasteiger charge is -2.33. The summed E-state index contributed by atoms with van der Waals surface area (Å²) in [5, 5.41) is 8.86. The molecule has 3 rings (SSSR count). The van der Waals surface area contributed by atoms with Gasteiger partial charge in [-0.3, -0.25) is 4.79 Å². The molecule has 6 nitrogen and oxygen atoms in total. The SMILES string of the molecule is CC(C)=C(C)c1c(C)ncnc1N1CCC(C(=O)OCc2ccc(C#N)cc2)CC1. The summed E-state index contributed by atoms with van der Waals surface area (Å²) in [4.78, 5) is 23.7. The van der Waals surface area contributed by atoms with E-state index in [9.17, 15) is 4.79 Å². The number of nitriles is 1. The highest BCUT2D eigenvalue weighted by Gasteiger charge is 2.28. The van der Waals surface area contributed by atoms with Crippen LogP contribution >= 0.6 is 0 Å². The van der Waals surface area contributed by atoms with E-state index in [0.29, 0.717) is 5.56 Å². The molecule has 1 aromatic carbocycles. The maximum atomic E-state index is 12.5. The number of rotatable bonds is 5. The molecule has 30 heavy (non-hydrogen) atoms. The summed E-state index contributed by atoms with van der Waals surface area (Å²) < 4.78 is 5.52. The van der Waals surface area contributed by atoms with Crippen LogP contribution < -0.4 is 4.90 Å². The van der Waals surface area contributed by atoms with E-state index < -0.39 is 0 Å². The lowest BCUT2D eigenvalue weighted by Crippen LogP contribution is -2.38. The molecule has 0 aliphatic carbocycles. The zero-order chi connectivity index (χ0) is 21.7. The van der Waals surface area contributed by atoms with Crippen LogP contribution in [0, 0.1) is 24.2 Å². The van der Waals surface area contributed by atoms with Gasteiger partial charge in [0.25, 0.3) is 0 Å². The minimum Gasteiger partial charge on any atom is -0.461 e. The Balaban J connectivity index is 1.61. The quantitative estimate of drug-likeness (QED) is 0.686. The minimum atomic E-state index is -0.154. The second-order valence-corrected chi connectivity index (χ2v) is 7.96. The predicted molar refractivity (Wildman–Crippen MR) is 117 cm³/mol. The summed E-state index contributed by atoms with van der Waals surface area (Å²) in [7, 11) is 0. The van der Waals surface area contributed by atoms with Crippen LogP contribution in [-0.2, 0) is 16.1 Å². The maximum Gasteiger partial charge on any atom is 0.309 e. The number of anilines is 1. The third kappa shape index (κ3) is 4.85. The third-order valence-electron chi connectivity index (χ3n) is 5.73. The van der Waals surface area contributed by atoms with Gasteiger partial charge in [-0.15, -0.1) is 0 Å². The largest absolute Gasteiger partial charge is 0.461 e. The summed E-state index contributed by atoms with van der Waals surface area (Å²) in [6.07, 6.45) is 3.09. The smallest absolute Gasteiger partial charge is 0.309 e. The monoisotopic (exact) mass is 404 g/mol. The molecule has 2 aromatic rings. The average Bonchev–Trinajstić information content (AvgIpc) is 2.77. The van der Waals surface area contributed by atoms with Gasteiger partial charge in [-0.2, -0.15) is 5.26 Å². The van der Waals surface area contributed by atoms with Crippen LogP contribution in [0.3, 0.4) is 0 Å². The van der Waals surface area contributed by atoms with E-state index in [1.54, 1.807) is 18.5 Å². The number of nitrogens with zero attached hydrogens (tertiary/aromatic N) is 4. The van der Waals surface area contributed by atoms with Crippen molar-refractivity contribution in [2.75, 3.05) is 18.0 Å². The van der Waals surface area contributed by atoms with E-state index in [-0.39, 0.29) is 18.5 Å². The fourth-order valence-corrected chi connectivity index (χ4v) is 3.66. The first-order valence-corrected chi connectivity index (χ1v) is 10.3. The molecule has 1 aliphatic rings. The van der Waals surface area contributed by atoms with Crippen LogP contribution in [0.5, 0.6) is 0 Å². The van der Waals surface area contributed by atoms with Crippen molar-refractivity contribution >= 4 is 17.4 Å². The molecule has 0 atom stereocenters. The van der Waals surface area contributed by atoms with Crippen LogP contribution in [0.25, 0.3) is 5.57 Å². The van der Waals surface area contributed by atoms with E-state index in [2.05, 4.69) is 41.7 Å². The predicted octanol–water partition coefficient (Wildman–Crippen LogP) is 4.43. The molecule has 0 spiro atoms. The Morgan fingerprint density at radius 3 is 2.43 bits per heavy atom. The van der Waals surface area contributed by atoms with Crippen molar-refractivity contribution in [2.24, 2.45) is 5.92 Å². The maximum absolute atomic E-state index is 12.5. The summed E-state index contributed by atoms with van der Waals surface area (Å²) in [5.74, 6) is 0.694. The lowest BCUT2D eigenvalue weighted by atomic mass is 9.95. The molecule has 1 aliphatic heterocycles. The molecule has 0 N–H and O–H groups in total. The number of hydrogen-bond donors (Lipinski definition) is 0. The average molecular weight is 405 g/mol. The van der Waals surface area contributed by atoms with Crippen molar-refractivity contribution in [2.45, 2.75) is 47.1 Å². The van der Waals surface area contributed by atoms with Crippen molar-refractivity contribution in [1.82, 2.24) is 9.97 Å². The van der Waals surface area contributed by atoms with Crippen LogP contribution in [0.15, 0.2) is 36.2 Å². The van der Waals surface area contributed by atoms with Gasteiger partial charge in [-0.1, -0.05) is 17.7 Å². The summed E-state index contributed by atoms with van der Waals surface area (Å²) in [6, 6.07) is 9.19. The number of hydrogen-bond acceptors (Lipinski definition) is 6. The molecule has 1 aromatic heterocycles. The molecule has 0 unspecified atom stereocenters. The van der Waals surface area contributed by atoms with Gasteiger partial charge in [0.05, 0.1) is 23.2 Å². The number of ether oxygens (including phenoxy) is 1. The molecular formula is C24H28N4O2. The Morgan fingerprint density at radius 2 is 1.83 bits per heavy atom. The standard InChI is InChI=1S/C24H28N4O2/c1-16(2)17(3)22-18(4)26-15-27-23(22)28-11-9-21(10-12-28)24(29)30-14-20-7-5-19(13-25)6-8-20/h5-8,15,21H,9-12,14H2,1-4H3. The Hall–Kier alpha value is -3.20. The van der Waals surface area contributed by atoms with Crippen LogP contribution in [0.2, 0.25) is 0 Å². The third-order valence-corrected chi connectivity index (χ3v) is 5.73. The van der Waals surface area contributed by atoms with Gasteiger partial charge in [0.2, 0.25) is 0 Å². The Bertz CT molecular complexity index is 977. The summed E-state index contributed by atoms with van der Waals surface area (Å²) in [6.45, 7) is 10.1. The fraction of sp³-hybridized carbons (Fsp3) is 0.417. The Labute approximate surface area is 178 Å². The van der Waals surface area contributed by atoms with Gasteiger partial charge in [0.15, 0.2) is 0 Å². The molecule has 6 heteroatoms. The number of carbonyl (C=O) groups is 1. The van der Waals surface area contributed by atoms with Gasteiger partial charge in [0, 0.05) is 18.7 Å². The molecule has 0 radical (unpaired) electrons. The highest BCUT2D eigenvalue weighted by molar-refractivity contribution is 5.77. The summed E-state index contributed by atoms with van der Waals surface area (Å²) in [5.41, 5.74) is 6.00. The molecule has 0 bridgehead atoms. The van der Waals surface area contributed by atoms with Crippen molar-refractivity contribution in [3.05, 3.63) is 58.6 Å². The minimum absolute atomic E-state index is 0.101. The zero-order valence-corrected chi connectivity index (χ0v) is 18.1. The van der Waals surface area contributed by atoms with E-state index in [1.165, 1.54) is 11.1 Å². The van der Waals surface area contributed by atoms with E-state index in [4.69, 9.17) is 10.00 Å². The first-order chi connectivity index (χ1) is 14.4. The molecule has 1 fully saturated rings. The zero-order valence-electron chi connectivity index (χ0n) is 18.1. The van der Waals surface area contributed by atoms with E-state index in [0.717, 1.165) is 48.6 Å². The molecule has 0 saturated carbocycles. The summed E-state index contributed by atoms with van der Waals surface area (Å²) >= 11 is 0.